The quantitative estimate of drug-likeness (QED) is 0.520. The molecule has 160 valence electrons. The summed E-state index contributed by atoms with van der Waals surface area (Å²) in [7, 11) is 1.85. The van der Waals surface area contributed by atoms with Gasteiger partial charge in [-0.05, 0) is 62.6 Å². The van der Waals surface area contributed by atoms with E-state index in [0.717, 1.165) is 53.0 Å². The summed E-state index contributed by atoms with van der Waals surface area (Å²) in [6.45, 7) is 8.73. The molecule has 0 bridgehead atoms. The Kier molecular flexibility index (Phi) is 5.88. The fourth-order valence-corrected chi connectivity index (χ4v) is 4.50. The van der Waals surface area contributed by atoms with E-state index in [-0.39, 0.29) is 18.1 Å². The van der Waals surface area contributed by atoms with Gasteiger partial charge in [-0.25, -0.2) is 9.37 Å². The molecule has 0 amide bonds. The third-order valence-corrected chi connectivity index (χ3v) is 6.12. The van der Waals surface area contributed by atoms with Gasteiger partial charge in [-0.3, -0.25) is 9.69 Å². The van der Waals surface area contributed by atoms with E-state index >= 15 is 4.39 Å². The maximum Gasteiger partial charge on any atom is 0.153 e. The van der Waals surface area contributed by atoms with Gasteiger partial charge in [0.05, 0.1) is 12.0 Å². The fourth-order valence-electron chi connectivity index (χ4n) is 4.50. The highest BCUT2D eigenvalue weighted by molar-refractivity contribution is 5.82. The van der Waals surface area contributed by atoms with E-state index in [4.69, 9.17) is 0 Å². The molecule has 5 heteroatoms. The number of Topliss-reactive ketones (excluding diaryl/α,β-unsaturated/α-hetero) is 1. The van der Waals surface area contributed by atoms with Gasteiger partial charge in [0.2, 0.25) is 0 Å². The molecule has 0 saturated carbocycles. The average molecular weight is 418 g/mol. The van der Waals surface area contributed by atoms with Crippen LogP contribution in [0.15, 0.2) is 49.3 Å². The normalized spacial score (nSPS) is 14.0. The predicted molar refractivity (Wildman–Crippen MR) is 122 cm³/mol. The van der Waals surface area contributed by atoms with Crippen LogP contribution in [0.25, 0.3) is 17.2 Å². The Balaban J connectivity index is 1.66. The first kappa shape index (κ1) is 21.2. The molecule has 0 fully saturated rings. The van der Waals surface area contributed by atoms with Gasteiger partial charge in [-0.1, -0.05) is 42.5 Å². The van der Waals surface area contributed by atoms with Crippen LogP contribution in [0.5, 0.6) is 0 Å². The number of likely N-dealkylation sites (N-methyl/N-ethyl adjacent to an activating group) is 1. The topological polar surface area (TPSA) is 38.1 Å². The molecular weight excluding hydrogens is 389 g/mol. The number of hydrogen-bond acceptors (Lipinski definition) is 3. The minimum absolute atomic E-state index is 0.00716. The maximum atomic E-state index is 15.3. The van der Waals surface area contributed by atoms with E-state index in [1.165, 1.54) is 0 Å². The van der Waals surface area contributed by atoms with Crippen LogP contribution in [0.3, 0.4) is 0 Å². The van der Waals surface area contributed by atoms with Crippen LogP contribution in [-0.2, 0) is 24.3 Å². The Morgan fingerprint density at radius 3 is 2.71 bits per heavy atom. The highest BCUT2D eigenvalue weighted by Gasteiger charge is 2.30. The van der Waals surface area contributed by atoms with Crippen molar-refractivity contribution >= 4 is 11.9 Å². The Bertz CT molecular complexity index is 1130. The number of aryl methyl sites for hydroxylation is 2. The molecule has 2 aromatic carbocycles. The molecule has 4 nitrogen and oxygen atoms in total. The highest BCUT2D eigenvalue weighted by Crippen LogP contribution is 2.31. The van der Waals surface area contributed by atoms with E-state index in [1.54, 1.807) is 19.1 Å². The molecule has 0 aliphatic carbocycles. The van der Waals surface area contributed by atoms with Crippen molar-refractivity contribution in [3.63, 3.8) is 0 Å². The van der Waals surface area contributed by atoms with E-state index < -0.39 is 6.04 Å². The van der Waals surface area contributed by atoms with Crippen molar-refractivity contribution in [1.29, 1.82) is 0 Å². The number of hydrogen-bond donors (Lipinski definition) is 0. The Morgan fingerprint density at radius 2 is 2.03 bits per heavy atom. The summed E-state index contributed by atoms with van der Waals surface area (Å²) in [5, 5.41) is 0. The fraction of sp³-hybridized carbons (Fsp3) is 0.308. The number of carbonyl (C=O) groups excluding carboxylic acids is 1. The summed E-state index contributed by atoms with van der Waals surface area (Å²) in [5.74, 6) is -0.287. The van der Waals surface area contributed by atoms with Gasteiger partial charge in [0.1, 0.15) is 11.9 Å². The minimum atomic E-state index is -0.497. The van der Waals surface area contributed by atoms with Crippen LogP contribution < -0.4 is 0 Å². The first-order valence-corrected chi connectivity index (χ1v) is 10.7. The number of fused-ring (bicyclic) bond motifs is 1. The van der Waals surface area contributed by atoms with Gasteiger partial charge in [-0.2, -0.15) is 0 Å². The van der Waals surface area contributed by atoms with Gasteiger partial charge in [0.15, 0.2) is 5.78 Å². The van der Waals surface area contributed by atoms with Crippen LogP contribution in [0, 0.1) is 12.7 Å². The number of halogens is 1. The molecular formula is C26H28FN3O. The number of nitrogens with zero attached hydrogens (tertiary/aromatic N) is 3. The van der Waals surface area contributed by atoms with E-state index in [0.29, 0.717) is 5.56 Å². The largest absolute Gasteiger partial charge is 0.334 e. The van der Waals surface area contributed by atoms with Gasteiger partial charge in [0.25, 0.3) is 0 Å². The van der Waals surface area contributed by atoms with Crippen molar-refractivity contribution < 1.29 is 9.18 Å². The zero-order valence-electron chi connectivity index (χ0n) is 18.4. The summed E-state index contributed by atoms with van der Waals surface area (Å²) in [5.41, 5.74) is 6.12. The molecule has 1 atom stereocenters. The molecule has 0 spiro atoms. The summed E-state index contributed by atoms with van der Waals surface area (Å²) < 4.78 is 17.4. The van der Waals surface area contributed by atoms with Crippen molar-refractivity contribution in [2.45, 2.75) is 45.8 Å². The van der Waals surface area contributed by atoms with E-state index in [1.807, 2.05) is 55.5 Å². The molecule has 1 unspecified atom stereocenters. The molecule has 1 aliphatic rings. The van der Waals surface area contributed by atoms with Crippen LogP contribution >= 0.6 is 0 Å². The van der Waals surface area contributed by atoms with Crippen molar-refractivity contribution in [1.82, 2.24) is 14.5 Å². The summed E-state index contributed by atoms with van der Waals surface area (Å²) >= 11 is 0. The molecule has 1 aromatic heterocycles. The monoisotopic (exact) mass is 417 g/mol. The third-order valence-electron chi connectivity index (χ3n) is 6.12. The lowest BCUT2D eigenvalue weighted by atomic mass is 9.96. The number of rotatable bonds is 7. The second-order valence-electron chi connectivity index (χ2n) is 8.40. The number of ketones is 1. The Morgan fingerprint density at radius 1 is 1.29 bits per heavy atom. The van der Waals surface area contributed by atoms with E-state index in [9.17, 15) is 4.79 Å². The van der Waals surface area contributed by atoms with Crippen molar-refractivity contribution in [2.24, 2.45) is 0 Å². The summed E-state index contributed by atoms with van der Waals surface area (Å²) in [6.07, 6.45) is 5.48. The van der Waals surface area contributed by atoms with Crippen LogP contribution in [0.4, 0.5) is 4.39 Å². The molecule has 3 aromatic rings. The lowest BCUT2D eigenvalue weighted by molar-refractivity contribution is -0.122. The Labute approximate surface area is 183 Å². The standard InChI is InChI=1S/C26H28FN3O/c1-5-19-13-21(20-10-8-17(2)9-11-20)14-23(27)22(19)15-29(4)26(18(3)31)25-24-7-6-12-30(24)16-28-25/h5,8-11,13-14,16,26H,1,6-7,12,15H2,2-4H3. The Hall–Kier alpha value is -3.05. The smallest absolute Gasteiger partial charge is 0.153 e. The van der Waals surface area contributed by atoms with Crippen molar-refractivity contribution in [3.05, 3.63) is 83.2 Å². The highest BCUT2D eigenvalue weighted by atomic mass is 19.1. The second kappa shape index (κ2) is 8.60. The van der Waals surface area contributed by atoms with Gasteiger partial charge >= 0.3 is 0 Å². The SMILES string of the molecule is C=Cc1cc(-c2ccc(C)cc2)cc(F)c1CN(C)C(C(C)=O)c1ncn2c1CCC2. The maximum absolute atomic E-state index is 15.3. The van der Waals surface area contributed by atoms with Crippen molar-refractivity contribution in [2.75, 3.05) is 7.05 Å². The molecule has 0 N–H and O–H groups in total. The first-order chi connectivity index (χ1) is 14.9. The van der Waals surface area contributed by atoms with Gasteiger partial charge in [-0.15, -0.1) is 0 Å². The lowest BCUT2D eigenvalue weighted by Gasteiger charge is -2.26. The number of aromatic nitrogens is 2. The zero-order valence-corrected chi connectivity index (χ0v) is 18.4. The minimum Gasteiger partial charge on any atom is -0.334 e. The third kappa shape index (κ3) is 4.10. The predicted octanol–water partition coefficient (Wildman–Crippen LogP) is 5.35. The molecule has 0 saturated heterocycles. The van der Waals surface area contributed by atoms with Crippen LogP contribution in [0.2, 0.25) is 0 Å². The molecule has 4 rings (SSSR count). The van der Waals surface area contributed by atoms with E-state index in [2.05, 4.69) is 16.1 Å². The van der Waals surface area contributed by atoms with Gasteiger partial charge in [0, 0.05) is 24.3 Å². The number of imidazole rings is 1. The summed E-state index contributed by atoms with van der Waals surface area (Å²) in [6, 6.07) is 11.1. The van der Waals surface area contributed by atoms with Crippen LogP contribution in [-0.4, -0.2) is 27.3 Å². The van der Waals surface area contributed by atoms with Crippen LogP contribution in [0.1, 0.15) is 47.5 Å². The molecule has 1 aliphatic heterocycles. The first-order valence-electron chi connectivity index (χ1n) is 10.7. The molecule has 0 radical (unpaired) electrons. The summed E-state index contributed by atoms with van der Waals surface area (Å²) in [4.78, 5) is 19.0. The molecule has 2 heterocycles. The average Bonchev–Trinajstić information content (AvgIpc) is 3.35. The number of carbonyl (C=O) groups is 1. The second-order valence-corrected chi connectivity index (χ2v) is 8.40. The zero-order chi connectivity index (χ0) is 22.1. The lowest BCUT2D eigenvalue weighted by Crippen LogP contribution is -2.31. The molecule has 31 heavy (non-hydrogen) atoms. The van der Waals surface area contributed by atoms with Crippen molar-refractivity contribution in [3.8, 4) is 11.1 Å². The number of benzene rings is 2. The van der Waals surface area contributed by atoms with Gasteiger partial charge < -0.3 is 4.57 Å².